The number of carbonyl (C=O) groups is 1. The maximum atomic E-state index is 13.3. The largest absolute Gasteiger partial charge is 0.322 e. The Morgan fingerprint density at radius 3 is 2.38 bits per heavy atom. The van der Waals surface area contributed by atoms with E-state index in [1.807, 2.05) is 24.3 Å². The Hall–Kier alpha value is -2.16. The molecule has 2 aromatic rings. The Labute approximate surface area is 125 Å². The number of hydrogen-bond acceptors (Lipinski definition) is 1. The van der Waals surface area contributed by atoms with Gasteiger partial charge in [-0.2, -0.15) is 0 Å². The van der Waals surface area contributed by atoms with Crippen molar-refractivity contribution in [1.82, 2.24) is 0 Å². The zero-order valence-corrected chi connectivity index (χ0v) is 12.8. The first kappa shape index (κ1) is 15.2. The molecule has 2 aromatic carbocycles. The van der Waals surface area contributed by atoms with Crippen molar-refractivity contribution in [3.05, 3.63) is 65.0 Å². The van der Waals surface area contributed by atoms with Crippen LogP contribution in [-0.2, 0) is 5.41 Å². The lowest BCUT2D eigenvalue weighted by atomic mass is 9.86. The number of benzene rings is 2. The number of halogens is 1. The summed E-state index contributed by atoms with van der Waals surface area (Å²) in [5.41, 5.74) is 2.71. The Morgan fingerprint density at radius 1 is 1.10 bits per heavy atom. The summed E-state index contributed by atoms with van der Waals surface area (Å²) in [6.45, 7) is 7.94. The van der Waals surface area contributed by atoms with Gasteiger partial charge < -0.3 is 5.32 Å². The summed E-state index contributed by atoms with van der Waals surface area (Å²) in [7, 11) is 0. The van der Waals surface area contributed by atoms with Gasteiger partial charge in [0.15, 0.2) is 0 Å². The molecule has 0 saturated heterocycles. The van der Waals surface area contributed by atoms with Crippen LogP contribution in [0.2, 0.25) is 0 Å². The fourth-order valence-corrected chi connectivity index (χ4v) is 2.23. The van der Waals surface area contributed by atoms with E-state index in [1.165, 1.54) is 12.1 Å². The smallest absolute Gasteiger partial charge is 0.255 e. The summed E-state index contributed by atoms with van der Waals surface area (Å²) >= 11 is 0. The molecule has 3 heteroatoms. The molecule has 0 aliphatic carbocycles. The molecule has 0 bridgehead atoms. The van der Waals surface area contributed by atoms with E-state index in [0.717, 1.165) is 11.3 Å². The first-order valence-corrected chi connectivity index (χ1v) is 6.96. The molecule has 110 valence electrons. The van der Waals surface area contributed by atoms with Crippen LogP contribution in [0.3, 0.4) is 0 Å². The Kier molecular flexibility index (Phi) is 4.12. The lowest BCUT2D eigenvalue weighted by Crippen LogP contribution is -2.18. The first-order chi connectivity index (χ1) is 9.79. The number of amides is 1. The van der Waals surface area contributed by atoms with Crippen LogP contribution in [0.25, 0.3) is 0 Å². The van der Waals surface area contributed by atoms with Gasteiger partial charge in [0.1, 0.15) is 5.82 Å². The third-order valence-corrected chi connectivity index (χ3v) is 3.40. The number of rotatable bonds is 2. The molecule has 0 saturated carbocycles. The summed E-state index contributed by atoms with van der Waals surface area (Å²) in [4.78, 5) is 12.3. The van der Waals surface area contributed by atoms with Gasteiger partial charge in [-0.15, -0.1) is 0 Å². The van der Waals surface area contributed by atoms with Crippen molar-refractivity contribution in [2.75, 3.05) is 5.32 Å². The van der Waals surface area contributed by atoms with Gasteiger partial charge in [-0.1, -0.05) is 39.0 Å². The molecule has 1 N–H and O–H groups in total. The van der Waals surface area contributed by atoms with Crippen LogP contribution < -0.4 is 5.32 Å². The van der Waals surface area contributed by atoms with E-state index >= 15 is 0 Å². The van der Waals surface area contributed by atoms with E-state index in [1.54, 1.807) is 13.0 Å². The number of nitrogens with one attached hydrogen (secondary N) is 1. The van der Waals surface area contributed by atoms with Crippen molar-refractivity contribution in [2.24, 2.45) is 0 Å². The average molecular weight is 285 g/mol. The van der Waals surface area contributed by atoms with E-state index in [-0.39, 0.29) is 17.1 Å². The van der Waals surface area contributed by atoms with Gasteiger partial charge in [0, 0.05) is 11.3 Å². The first-order valence-electron chi connectivity index (χ1n) is 6.96. The maximum Gasteiger partial charge on any atom is 0.255 e. The fourth-order valence-electron chi connectivity index (χ4n) is 2.23. The van der Waals surface area contributed by atoms with Gasteiger partial charge in [0.05, 0.1) is 0 Å². The van der Waals surface area contributed by atoms with Crippen LogP contribution in [0.4, 0.5) is 10.1 Å². The number of aryl methyl sites for hydroxylation is 1. The second-order valence-corrected chi connectivity index (χ2v) is 6.21. The number of para-hydroxylation sites is 1. The van der Waals surface area contributed by atoms with E-state index in [0.29, 0.717) is 11.1 Å². The van der Waals surface area contributed by atoms with Gasteiger partial charge in [0.25, 0.3) is 5.91 Å². The summed E-state index contributed by atoms with van der Waals surface area (Å²) in [6.07, 6.45) is 0. The lowest BCUT2D eigenvalue weighted by Gasteiger charge is -2.23. The zero-order chi connectivity index (χ0) is 15.6. The average Bonchev–Trinajstić information content (AvgIpc) is 2.41. The monoisotopic (exact) mass is 285 g/mol. The number of hydrogen-bond donors (Lipinski definition) is 1. The topological polar surface area (TPSA) is 29.1 Å². The highest BCUT2D eigenvalue weighted by Gasteiger charge is 2.19. The molecule has 1 amide bonds. The molecule has 0 aromatic heterocycles. The van der Waals surface area contributed by atoms with Crippen LogP contribution in [-0.4, -0.2) is 5.91 Å². The predicted octanol–water partition coefficient (Wildman–Crippen LogP) is 4.68. The molecule has 0 aliphatic heterocycles. The van der Waals surface area contributed by atoms with Gasteiger partial charge in [0.2, 0.25) is 0 Å². The highest BCUT2D eigenvalue weighted by molar-refractivity contribution is 6.04. The van der Waals surface area contributed by atoms with E-state index in [9.17, 15) is 9.18 Å². The fraction of sp³-hybridized carbons (Fsp3) is 0.278. The quantitative estimate of drug-likeness (QED) is 0.852. The normalized spacial score (nSPS) is 11.3. The van der Waals surface area contributed by atoms with Crippen LogP contribution in [0.1, 0.15) is 42.3 Å². The molecule has 0 heterocycles. The second kappa shape index (κ2) is 5.68. The molecular weight excluding hydrogens is 265 g/mol. The van der Waals surface area contributed by atoms with Crippen LogP contribution in [0.5, 0.6) is 0 Å². The minimum absolute atomic E-state index is 0.0669. The molecule has 2 rings (SSSR count). The molecule has 0 spiro atoms. The van der Waals surface area contributed by atoms with Crippen LogP contribution in [0, 0.1) is 12.7 Å². The summed E-state index contributed by atoms with van der Waals surface area (Å²) in [5, 5.41) is 2.92. The molecule has 0 fully saturated rings. The van der Waals surface area contributed by atoms with Crippen molar-refractivity contribution in [2.45, 2.75) is 33.1 Å². The van der Waals surface area contributed by atoms with E-state index < -0.39 is 0 Å². The summed E-state index contributed by atoms with van der Waals surface area (Å²) in [5.74, 6) is -0.531. The van der Waals surface area contributed by atoms with Crippen molar-refractivity contribution < 1.29 is 9.18 Å². The second-order valence-electron chi connectivity index (χ2n) is 6.21. The van der Waals surface area contributed by atoms with Crippen molar-refractivity contribution in [3.8, 4) is 0 Å². The Morgan fingerprint density at radius 2 is 1.76 bits per heavy atom. The Bertz CT molecular complexity index is 671. The Balaban J connectivity index is 2.30. The summed E-state index contributed by atoms with van der Waals surface area (Å²) in [6, 6.07) is 12.1. The van der Waals surface area contributed by atoms with Gasteiger partial charge in [-0.3, -0.25) is 4.79 Å². The zero-order valence-electron chi connectivity index (χ0n) is 12.8. The van der Waals surface area contributed by atoms with Gasteiger partial charge >= 0.3 is 0 Å². The standard InChI is InChI=1S/C18H20FNO/c1-12-11-13(9-10-15(12)19)17(21)20-16-8-6-5-7-14(16)18(2,3)4/h5-11H,1-4H3,(H,20,21). The molecule has 0 unspecified atom stereocenters. The molecule has 0 atom stereocenters. The minimum atomic E-state index is -0.304. The highest BCUT2D eigenvalue weighted by atomic mass is 19.1. The van der Waals surface area contributed by atoms with Crippen molar-refractivity contribution in [1.29, 1.82) is 0 Å². The van der Waals surface area contributed by atoms with Crippen molar-refractivity contribution >= 4 is 11.6 Å². The SMILES string of the molecule is Cc1cc(C(=O)Nc2ccccc2C(C)(C)C)ccc1F. The molecule has 0 radical (unpaired) electrons. The van der Waals surface area contributed by atoms with Crippen molar-refractivity contribution in [3.63, 3.8) is 0 Å². The predicted molar refractivity (Wildman–Crippen MR) is 84.2 cm³/mol. The maximum absolute atomic E-state index is 13.3. The lowest BCUT2D eigenvalue weighted by molar-refractivity contribution is 0.102. The molecule has 21 heavy (non-hydrogen) atoms. The van der Waals surface area contributed by atoms with Gasteiger partial charge in [-0.25, -0.2) is 4.39 Å². The highest BCUT2D eigenvalue weighted by Crippen LogP contribution is 2.29. The third kappa shape index (κ3) is 3.48. The molecule has 0 aliphatic rings. The minimum Gasteiger partial charge on any atom is -0.322 e. The van der Waals surface area contributed by atoms with Crippen LogP contribution >= 0.6 is 0 Å². The van der Waals surface area contributed by atoms with E-state index in [4.69, 9.17) is 0 Å². The van der Waals surface area contributed by atoms with Crippen LogP contribution in [0.15, 0.2) is 42.5 Å². The molecule has 2 nitrogen and oxygen atoms in total. The third-order valence-electron chi connectivity index (χ3n) is 3.40. The van der Waals surface area contributed by atoms with E-state index in [2.05, 4.69) is 26.1 Å². The molecular formula is C18H20FNO. The number of carbonyl (C=O) groups excluding carboxylic acids is 1. The number of anilines is 1. The van der Waals surface area contributed by atoms with Gasteiger partial charge in [-0.05, 0) is 47.7 Å². The summed E-state index contributed by atoms with van der Waals surface area (Å²) < 4.78 is 13.3.